The van der Waals surface area contributed by atoms with Gasteiger partial charge in [0.25, 0.3) is 0 Å². The highest BCUT2D eigenvalue weighted by Crippen LogP contribution is 2.32. The minimum absolute atomic E-state index is 0.193. The Balaban J connectivity index is 2.77. The lowest BCUT2D eigenvalue weighted by atomic mass is 9.96. The molecule has 1 unspecified atom stereocenters. The summed E-state index contributed by atoms with van der Waals surface area (Å²) in [6.45, 7) is 5.51. The Morgan fingerprint density at radius 3 is 2.47 bits per heavy atom. The summed E-state index contributed by atoms with van der Waals surface area (Å²) < 4.78 is 38.2. The van der Waals surface area contributed by atoms with Crippen LogP contribution in [0.3, 0.4) is 0 Å². The Bertz CT molecular complexity index is 347. The van der Waals surface area contributed by atoms with Crippen molar-refractivity contribution in [3.8, 4) is 0 Å². The van der Waals surface area contributed by atoms with E-state index in [4.69, 9.17) is 0 Å². The number of nitrogens with one attached hydrogen (secondary N) is 1. The van der Waals surface area contributed by atoms with Gasteiger partial charge in [-0.15, -0.1) is 0 Å². The summed E-state index contributed by atoms with van der Waals surface area (Å²) in [4.78, 5) is 0. The summed E-state index contributed by atoms with van der Waals surface area (Å²) in [5.74, 6) is 0.193. The van der Waals surface area contributed by atoms with Crippen LogP contribution in [0.25, 0.3) is 0 Å². The fourth-order valence-corrected chi connectivity index (χ4v) is 1.81. The lowest BCUT2D eigenvalue weighted by Gasteiger charge is -2.16. The van der Waals surface area contributed by atoms with Crippen LogP contribution in [-0.2, 0) is 12.6 Å². The molecule has 0 fully saturated rings. The number of hydrogen-bond donors (Lipinski definition) is 1. The van der Waals surface area contributed by atoms with Crippen molar-refractivity contribution >= 4 is 0 Å². The van der Waals surface area contributed by atoms with Gasteiger partial charge in [0.1, 0.15) is 0 Å². The van der Waals surface area contributed by atoms with Gasteiger partial charge in [0.05, 0.1) is 5.56 Å². The van der Waals surface area contributed by atoms with E-state index in [-0.39, 0.29) is 5.92 Å². The first-order valence-corrected chi connectivity index (χ1v) is 5.81. The summed E-state index contributed by atoms with van der Waals surface area (Å²) in [5.41, 5.74) is -0.131. The number of rotatable bonds is 5. The van der Waals surface area contributed by atoms with Crippen molar-refractivity contribution in [3.63, 3.8) is 0 Å². The highest BCUT2D eigenvalue weighted by atomic mass is 19.4. The maximum atomic E-state index is 12.7. The van der Waals surface area contributed by atoms with Crippen LogP contribution >= 0.6 is 0 Å². The van der Waals surface area contributed by atoms with Crippen LogP contribution in [-0.4, -0.2) is 13.1 Å². The van der Waals surface area contributed by atoms with E-state index in [0.717, 1.165) is 19.2 Å². The molecular formula is C13H18F3N. The maximum absolute atomic E-state index is 12.7. The van der Waals surface area contributed by atoms with E-state index in [2.05, 4.69) is 5.32 Å². The SMILES string of the molecule is CCNCC(C)Cc1ccccc1C(F)(F)F. The normalized spacial score (nSPS) is 13.7. The molecule has 0 amide bonds. The Hall–Kier alpha value is -1.03. The molecule has 17 heavy (non-hydrogen) atoms. The van der Waals surface area contributed by atoms with Crippen LogP contribution in [0.2, 0.25) is 0 Å². The smallest absolute Gasteiger partial charge is 0.317 e. The molecule has 1 N–H and O–H groups in total. The molecule has 0 heterocycles. The molecule has 0 aliphatic heterocycles. The van der Waals surface area contributed by atoms with E-state index < -0.39 is 11.7 Å². The molecule has 0 saturated carbocycles. The van der Waals surface area contributed by atoms with Gasteiger partial charge in [0.2, 0.25) is 0 Å². The van der Waals surface area contributed by atoms with Crippen LogP contribution in [0, 0.1) is 5.92 Å². The first kappa shape index (κ1) is 14.0. The lowest BCUT2D eigenvalue weighted by Crippen LogP contribution is -2.22. The highest BCUT2D eigenvalue weighted by Gasteiger charge is 2.32. The molecule has 0 aromatic heterocycles. The minimum atomic E-state index is -4.26. The molecule has 1 rings (SSSR count). The van der Waals surface area contributed by atoms with Gasteiger partial charge >= 0.3 is 6.18 Å². The third kappa shape index (κ3) is 4.38. The van der Waals surface area contributed by atoms with Gasteiger partial charge in [-0.1, -0.05) is 32.0 Å². The van der Waals surface area contributed by atoms with Crippen LogP contribution in [0.1, 0.15) is 25.0 Å². The minimum Gasteiger partial charge on any atom is -0.317 e. The predicted octanol–water partition coefficient (Wildman–Crippen LogP) is 3.49. The van der Waals surface area contributed by atoms with Gasteiger partial charge in [-0.25, -0.2) is 0 Å². The summed E-state index contributed by atoms with van der Waals surface area (Å²) in [7, 11) is 0. The zero-order chi connectivity index (χ0) is 12.9. The average Bonchev–Trinajstić information content (AvgIpc) is 2.25. The molecule has 0 saturated heterocycles. The number of benzene rings is 1. The van der Waals surface area contributed by atoms with Gasteiger partial charge in [-0.3, -0.25) is 0 Å². The molecule has 0 aliphatic carbocycles. The van der Waals surface area contributed by atoms with Gasteiger partial charge in [-0.2, -0.15) is 13.2 Å². The number of hydrogen-bond acceptors (Lipinski definition) is 1. The molecule has 96 valence electrons. The molecule has 0 aliphatic rings. The largest absolute Gasteiger partial charge is 0.416 e. The van der Waals surface area contributed by atoms with Gasteiger partial charge in [-0.05, 0) is 37.1 Å². The molecule has 1 aromatic rings. The van der Waals surface area contributed by atoms with Crippen LogP contribution in [0.4, 0.5) is 13.2 Å². The Morgan fingerprint density at radius 2 is 1.88 bits per heavy atom. The van der Waals surface area contributed by atoms with Crippen LogP contribution in [0.15, 0.2) is 24.3 Å². The van der Waals surface area contributed by atoms with Crippen LogP contribution in [0.5, 0.6) is 0 Å². The zero-order valence-electron chi connectivity index (χ0n) is 10.1. The van der Waals surface area contributed by atoms with E-state index in [1.165, 1.54) is 6.07 Å². The van der Waals surface area contributed by atoms with Gasteiger partial charge in [0, 0.05) is 0 Å². The highest BCUT2D eigenvalue weighted by molar-refractivity contribution is 5.29. The predicted molar refractivity (Wildman–Crippen MR) is 62.9 cm³/mol. The summed E-state index contributed by atoms with van der Waals surface area (Å²) in [6, 6.07) is 5.80. The molecule has 4 heteroatoms. The van der Waals surface area contributed by atoms with Crippen molar-refractivity contribution in [2.75, 3.05) is 13.1 Å². The van der Waals surface area contributed by atoms with Crippen molar-refractivity contribution < 1.29 is 13.2 Å². The third-order valence-electron chi connectivity index (χ3n) is 2.63. The summed E-state index contributed by atoms with van der Waals surface area (Å²) in [5, 5.41) is 3.15. The first-order chi connectivity index (χ1) is 7.95. The summed E-state index contributed by atoms with van der Waals surface area (Å²) in [6.07, 6.45) is -3.81. The Morgan fingerprint density at radius 1 is 1.24 bits per heavy atom. The van der Waals surface area contributed by atoms with E-state index in [0.29, 0.717) is 12.0 Å². The second-order valence-corrected chi connectivity index (χ2v) is 4.27. The van der Waals surface area contributed by atoms with Crippen molar-refractivity contribution in [3.05, 3.63) is 35.4 Å². The molecule has 0 bridgehead atoms. The lowest BCUT2D eigenvalue weighted by molar-refractivity contribution is -0.138. The van der Waals surface area contributed by atoms with Crippen molar-refractivity contribution in [1.82, 2.24) is 5.32 Å². The van der Waals surface area contributed by atoms with Crippen LogP contribution < -0.4 is 5.32 Å². The topological polar surface area (TPSA) is 12.0 Å². The van der Waals surface area contributed by atoms with Crippen molar-refractivity contribution in [1.29, 1.82) is 0 Å². The standard InChI is InChI=1S/C13H18F3N/c1-3-17-9-10(2)8-11-6-4-5-7-12(11)13(14,15)16/h4-7,10,17H,3,8-9H2,1-2H3. The van der Waals surface area contributed by atoms with E-state index in [9.17, 15) is 13.2 Å². The fraction of sp³-hybridized carbons (Fsp3) is 0.538. The van der Waals surface area contributed by atoms with Gasteiger partial charge < -0.3 is 5.32 Å². The fourth-order valence-electron chi connectivity index (χ4n) is 1.81. The van der Waals surface area contributed by atoms with E-state index in [1.807, 2.05) is 13.8 Å². The number of alkyl halides is 3. The molecule has 0 radical (unpaired) electrons. The molecular weight excluding hydrogens is 227 g/mol. The zero-order valence-corrected chi connectivity index (χ0v) is 10.1. The third-order valence-corrected chi connectivity index (χ3v) is 2.63. The first-order valence-electron chi connectivity index (χ1n) is 5.81. The van der Waals surface area contributed by atoms with E-state index >= 15 is 0 Å². The summed E-state index contributed by atoms with van der Waals surface area (Å²) >= 11 is 0. The second kappa shape index (κ2) is 6.05. The average molecular weight is 245 g/mol. The Kier molecular flexibility index (Phi) is 5.00. The monoisotopic (exact) mass is 245 g/mol. The van der Waals surface area contributed by atoms with E-state index in [1.54, 1.807) is 12.1 Å². The molecule has 1 atom stereocenters. The molecule has 0 spiro atoms. The van der Waals surface area contributed by atoms with Gasteiger partial charge in [0.15, 0.2) is 0 Å². The van der Waals surface area contributed by atoms with Crippen molar-refractivity contribution in [2.45, 2.75) is 26.4 Å². The molecule has 1 nitrogen and oxygen atoms in total. The Labute approximate surface area is 100 Å². The maximum Gasteiger partial charge on any atom is 0.416 e. The quantitative estimate of drug-likeness (QED) is 0.837. The number of halogens is 3. The second-order valence-electron chi connectivity index (χ2n) is 4.27. The van der Waals surface area contributed by atoms with Crippen molar-refractivity contribution in [2.24, 2.45) is 5.92 Å². The molecule has 1 aromatic carbocycles.